The Labute approximate surface area is 110 Å². The van der Waals surface area contributed by atoms with Gasteiger partial charge in [0, 0.05) is 19.6 Å². The molecule has 0 aromatic carbocycles. The molecule has 0 bridgehead atoms. The third-order valence-corrected chi connectivity index (χ3v) is 4.18. The van der Waals surface area contributed by atoms with Crippen molar-refractivity contribution in [1.29, 1.82) is 0 Å². The van der Waals surface area contributed by atoms with Crippen molar-refractivity contribution in [2.45, 2.75) is 44.2 Å². The molecule has 104 valence electrons. The number of hydrogen-bond acceptors (Lipinski definition) is 4. The molecule has 2 rings (SSSR count). The van der Waals surface area contributed by atoms with E-state index < -0.39 is 0 Å². The van der Waals surface area contributed by atoms with Gasteiger partial charge < -0.3 is 9.64 Å². The van der Waals surface area contributed by atoms with Crippen LogP contribution in [0.1, 0.15) is 32.1 Å². The highest BCUT2D eigenvalue weighted by Gasteiger charge is 2.27. The van der Waals surface area contributed by atoms with Crippen molar-refractivity contribution in [1.82, 2.24) is 9.80 Å². The average molecular weight is 254 g/mol. The minimum absolute atomic E-state index is 0.0823. The quantitative estimate of drug-likeness (QED) is 0.753. The first kappa shape index (κ1) is 14.0. The van der Waals surface area contributed by atoms with E-state index in [1.807, 2.05) is 0 Å². The average Bonchev–Trinajstić information content (AvgIpc) is 2.80. The fourth-order valence-corrected chi connectivity index (χ4v) is 2.96. The van der Waals surface area contributed by atoms with Gasteiger partial charge >= 0.3 is 0 Å². The van der Waals surface area contributed by atoms with Gasteiger partial charge in [0.05, 0.1) is 12.1 Å². The molecule has 0 aromatic heterocycles. The van der Waals surface area contributed by atoms with E-state index in [0.29, 0.717) is 18.3 Å². The number of carbonyl (C=O) groups excluding carboxylic acids is 1. The number of nitrogens with zero attached hydrogens (tertiary/aromatic N) is 2. The number of likely N-dealkylation sites (N-methyl/N-ethyl adjacent to an activating group) is 2. The summed E-state index contributed by atoms with van der Waals surface area (Å²) in [5.74, 6) is 0.391. The van der Waals surface area contributed by atoms with Crippen molar-refractivity contribution in [2.75, 3.05) is 40.3 Å². The summed E-state index contributed by atoms with van der Waals surface area (Å²) in [7, 11) is 4.19. The maximum Gasteiger partial charge on any atom is 0.151 e. The lowest BCUT2D eigenvalue weighted by molar-refractivity contribution is -0.124. The molecule has 0 N–H and O–H groups in total. The zero-order valence-electron chi connectivity index (χ0n) is 11.7. The predicted octanol–water partition coefficient (Wildman–Crippen LogP) is 1.15. The second-order valence-corrected chi connectivity index (χ2v) is 5.75. The number of carbonyl (C=O) groups is 1. The molecule has 2 fully saturated rings. The third kappa shape index (κ3) is 3.77. The number of hydrogen-bond donors (Lipinski definition) is 0. The van der Waals surface area contributed by atoms with Crippen LogP contribution < -0.4 is 0 Å². The normalized spacial score (nSPS) is 31.4. The van der Waals surface area contributed by atoms with Crippen LogP contribution in [0.4, 0.5) is 0 Å². The molecule has 2 aliphatic rings. The van der Waals surface area contributed by atoms with Crippen LogP contribution in [0.5, 0.6) is 0 Å². The largest absolute Gasteiger partial charge is 0.378 e. The molecule has 2 atom stereocenters. The Bertz CT molecular complexity index is 277. The lowest BCUT2D eigenvalue weighted by atomic mass is 10.0. The van der Waals surface area contributed by atoms with E-state index in [4.69, 9.17) is 4.74 Å². The Kier molecular flexibility index (Phi) is 5.15. The fourth-order valence-electron chi connectivity index (χ4n) is 2.96. The van der Waals surface area contributed by atoms with E-state index in [2.05, 4.69) is 23.9 Å². The monoisotopic (exact) mass is 254 g/mol. The van der Waals surface area contributed by atoms with Gasteiger partial charge in [0.1, 0.15) is 0 Å². The van der Waals surface area contributed by atoms with Gasteiger partial charge in [-0.3, -0.25) is 9.69 Å². The van der Waals surface area contributed by atoms with Crippen molar-refractivity contribution in [2.24, 2.45) is 0 Å². The lowest BCUT2D eigenvalue weighted by Crippen LogP contribution is -2.43. The van der Waals surface area contributed by atoms with Crippen LogP contribution in [-0.2, 0) is 9.53 Å². The molecule has 4 heteroatoms. The van der Waals surface area contributed by atoms with Crippen molar-refractivity contribution in [3.05, 3.63) is 0 Å². The Morgan fingerprint density at radius 1 is 1.28 bits per heavy atom. The number of ether oxygens (including phenoxy) is 1. The lowest BCUT2D eigenvalue weighted by Gasteiger charge is -2.26. The van der Waals surface area contributed by atoms with Gasteiger partial charge in [0.25, 0.3) is 0 Å². The van der Waals surface area contributed by atoms with E-state index in [-0.39, 0.29) is 6.04 Å². The SMILES string of the molecule is CN1CCCN(C)C(C(=O)CCC2CCCO2)C1. The zero-order chi connectivity index (χ0) is 13.0. The van der Waals surface area contributed by atoms with Crippen molar-refractivity contribution >= 4 is 5.78 Å². The van der Waals surface area contributed by atoms with Gasteiger partial charge in [-0.15, -0.1) is 0 Å². The molecule has 0 radical (unpaired) electrons. The molecule has 2 heterocycles. The van der Waals surface area contributed by atoms with Crippen LogP contribution >= 0.6 is 0 Å². The molecule has 0 spiro atoms. The Morgan fingerprint density at radius 2 is 2.11 bits per heavy atom. The van der Waals surface area contributed by atoms with Gasteiger partial charge in [-0.25, -0.2) is 0 Å². The number of Topliss-reactive ketones (excluding diaryl/α,β-unsaturated/α-hetero) is 1. The smallest absolute Gasteiger partial charge is 0.151 e. The van der Waals surface area contributed by atoms with Crippen LogP contribution in [-0.4, -0.2) is 68.1 Å². The summed E-state index contributed by atoms with van der Waals surface area (Å²) < 4.78 is 5.59. The predicted molar refractivity (Wildman–Crippen MR) is 71.7 cm³/mol. The summed E-state index contributed by atoms with van der Waals surface area (Å²) in [5.41, 5.74) is 0. The van der Waals surface area contributed by atoms with E-state index in [9.17, 15) is 4.79 Å². The summed E-state index contributed by atoms with van der Waals surface area (Å²) in [5, 5.41) is 0. The third-order valence-electron chi connectivity index (χ3n) is 4.18. The fraction of sp³-hybridized carbons (Fsp3) is 0.929. The molecular weight excluding hydrogens is 228 g/mol. The molecule has 0 aliphatic carbocycles. The molecule has 4 nitrogen and oxygen atoms in total. The standard InChI is InChI=1S/C14H26N2O2/c1-15-8-4-9-16(2)13(11-15)14(17)7-6-12-5-3-10-18-12/h12-13H,3-11H2,1-2H3. The van der Waals surface area contributed by atoms with E-state index in [0.717, 1.165) is 51.9 Å². The van der Waals surface area contributed by atoms with Crippen molar-refractivity contribution in [3.63, 3.8) is 0 Å². The molecule has 0 saturated carbocycles. The highest BCUT2D eigenvalue weighted by Crippen LogP contribution is 2.18. The topological polar surface area (TPSA) is 32.8 Å². The number of rotatable bonds is 4. The van der Waals surface area contributed by atoms with E-state index >= 15 is 0 Å². The van der Waals surface area contributed by atoms with Crippen molar-refractivity contribution < 1.29 is 9.53 Å². The summed E-state index contributed by atoms with van der Waals surface area (Å²) in [6.07, 6.45) is 5.37. The van der Waals surface area contributed by atoms with Gasteiger partial charge in [-0.1, -0.05) is 0 Å². The van der Waals surface area contributed by atoms with Crippen LogP contribution in [0.2, 0.25) is 0 Å². The second kappa shape index (κ2) is 6.64. The number of ketones is 1. The molecular formula is C14H26N2O2. The first-order chi connectivity index (χ1) is 8.66. The molecule has 0 aromatic rings. The van der Waals surface area contributed by atoms with Gasteiger partial charge in [0.15, 0.2) is 5.78 Å². The highest BCUT2D eigenvalue weighted by atomic mass is 16.5. The first-order valence-electron chi connectivity index (χ1n) is 7.20. The maximum absolute atomic E-state index is 12.3. The first-order valence-corrected chi connectivity index (χ1v) is 7.20. The van der Waals surface area contributed by atoms with Crippen LogP contribution in [0.3, 0.4) is 0 Å². The Hall–Kier alpha value is -0.450. The second-order valence-electron chi connectivity index (χ2n) is 5.75. The maximum atomic E-state index is 12.3. The summed E-state index contributed by atoms with van der Waals surface area (Å²) in [6.45, 7) is 3.88. The van der Waals surface area contributed by atoms with Gasteiger partial charge in [0.2, 0.25) is 0 Å². The molecule has 2 aliphatic heterocycles. The molecule has 2 saturated heterocycles. The van der Waals surface area contributed by atoms with E-state index in [1.165, 1.54) is 0 Å². The van der Waals surface area contributed by atoms with Gasteiger partial charge in [-0.05, 0) is 52.9 Å². The van der Waals surface area contributed by atoms with Gasteiger partial charge in [-0.2, -0.15) is 0 Å². The van der Waals surface area contributed by atoms with Crippen LogP contribution in [0, 0.1) is 0 Å². The molecule has 2 unspecified atom stereocenters. The molecule has 0 amide bonds. The van der Waals surface area contributed by atoms with Crippen molar-refractivity contribution in [3.8, 4) is 0 Å². The Balaban J connectivity index is 1.81. The van der Waals surface area contributed by atoms with Crippen LogP contribution in [0.25, 0.3) is 0 Å². The van der Waals surface area contributed by atoms with E-state index in [1.54, 1.807) is 0 Å². The Morgan fingerprint density at radius 3 is 2.83 bits per heavy atom. The minimum Gasteiger partial charge on any atom is -0.378 e. The molecule has 18 heavy (non-hydrogen) atoms. The summed E-state index contributed by atoms with van der Waals surface area (Å²) >= 11 is 0. The highest BCUT2D eigenvalue weighted by molar-refractivity contribution is 5.84. The minimum atomic E-state index is 0.0823. The zero-order valence-corrected chi connectivity index (χ0v) is 11.7. The van der Waals surface area contributed by atoms with Crippen LogP contribution in [0.15, 0.2) is 0 Å². The summed E-state index contributed by atoms with van der Waals surface area (Å²) in [6, 6.07) is 0.0823. The summed E-state index contributed by atoms with van der Waals surface area (Å²) in [4.78, 5) is 16.8.